The molecule has 49 heavy (non-hydrogen) atoms. The molecule has 0 saturated carbocycles. The molecule has 2 aliphatic heterocycles. The van der Waals surface area contributed by atoms with Gasteiger partial charge in [0.15, 0.2) is 16.7 Å². The number of thiazole rings is 1. The van der Waals surface area contributed by atoms with Crippen molar-refractivity contribution in [3.8, 4) is 0 Å². The second-order valence-corrected chi connectivity index (χ2v) is 14.4. The summed E-state index contributed by atoms with van der Waals surface area (Å²) in [6, 6.07) is 0.842. The molecule has 2 aliphatic rings. The summed E-state index contributed by atoms with van der Waals surface area (Å²) in [5, 5.41) is 12.8. The van der Waals surface area contributed by atoms with Gasteiger partial charge in [-0.1, -0.05) is 5.16 Å². The third-order valence-corrected chi connectivity index (χ3v) is 9.89. The van der Waals surface area contributed by atoms with E-state index in [1.54, 1.807) is 37.8 Å². The van der Waals surface area contributed by atoms with Crippen molar-refractivity contribution < 1.29 is 38.2 Å². The lowest BCUT2D eigenvalue weighted by atomic mass is 9.98. The van der Waals surface area contributed by atoms with E-state index < -0.39 is 47.4 Å². The van der Waals surface area contributed by atoms with E-state index in [4.69, 9.17) is 24.8 Å². The molecule has 0 aromatic carbocycles. The van der Waals surface area contributed by atoms with Gasteiger partial charge < -0.3 is 30.1 Å². The Morgan fingerprint density at radius 3 is 2.59 bits per heavy atom. The van der Waals surface area contributed by atoms with E-state index in [0.717, 1.165) is 11.3 Å². The van der Waals surface area contributed by atoms with Crippen LogP contribution in [0.15, 0.2) is 32.9 Å². The number of β-lactam (4-membered cyclic amide) rings is 1. The summed E-state index contributed by atoms with van der Waals surface area (Å²) in [6.45, 7) is 6.40. The lowest BCUT2D eigenvalue weighted by molar-refractivity contribution is -0.173. The zero-order chi connectivity index (χ0) is 34.7. The summed E-state index contributed by atoms with van der Waals surface area (Å²) < 4.78 is 17.2. The number of hydrogen-bond acceptors (Lipinski definition) is 17. The first-order valence-electron chi connectivity index (χ1n) is 14.3. The highest BCUT2D eigenvalue weighted by atomic mass is 35.5. The number of nitrogens with zero attached hydrogens (tertiary/aromatic N) is 7. The fraction of sp³-hybridized carbons (Fsp3) is 0.464. The van der Waals surface area contributed by atoms with Crippen molar-refractivity contribution in [1.82, 2.24) is 34.8 Å². The van der Waals surface area contributed by atoms with E-state index in [2.05, 4.69) is 30.5 Å². The van der Waals surface area contributed by atoms with Gasteiger partial charge in [0.2, 0.25) is 6.79 Å². The third-order valence-electron chi connectivity index (χ3n) is 6.80. The van der Waals surface area contributed by atoms with Crippen LogP contribution in [-0.2, 0) is 44.8 Å². The first-order valence-corrected chi connectivity index (χ1v) is 17.2. The van der Waals surface area contributed by atoms with Gasteiger partial charge in [0.1, 0.15) is 41.5 Å². The number of methoxy groups -OCH3 is 1. The van der Waals surface area contributed by atoms with Crippen molar-refractivity contribution >= 4 is 87.6 Å². The molecule has 1 unspecified atom stereocenters. The Morgan fingerprint density at radius 2 is 1.94 bits per heavy atom. The lowest BCUT2D eigenvalue weighted by Gasteiger charge is -2.49. The maximum absolute atomic E-state index is 13.6. The quantitative estimate of drug-likeness (QED) is 0.0514. The minimum atomic E-state index is -0.993. The summed E-state index contributed by atoms with van der Waals surface area (Å²) in [5.41, 5.74) is 6.24. The number of carbonyl (C=O) groups is 4. The molecule has 21 heteroatoms. The largest absolute Gasteiger partial charge is 0.427 e. The Labute approximate surface area is 299 Å². The van der Waals surface area contributed by atoms with Crippen LogP contribution in [0.3, 0.4) is 0 Å². The van der Waals surface area contributed by atoms with E-state index in [-0.39, 0.29) is 47.0 Å². The van der Waals surface area contributed by atoms with E-state index in [0.29, 0.717) is 33.6 Å². The lowest BCUT2D eigenvalue weighted by Crippen LogP contribution is -2.71. The SMILES string of the molecule is COCc1nc2nc(C)cc(SCC3=C(C(=O)OCOC(=O)C(C)(C)C)N4C(=O)C(NC(=O)C(=NOC)c5csc(N)n5)[C@@H]4SC3)n2n1.Cl. The molecule has 0 bridgehead atoms. The van der Waals surface area contributed by atoms with E-state index in [1.165, 1.54) is 35.5 Å². The topological polar surface area (TPSA) is 215 Å². The number of amides is 2. The van der Waals surface area contributed by atoms with Crippen LogP contribution < -0.4 is 11.1 Å². The van der Waals surface area contributed by atoms with Gasteiger partial charge >= 0.3 is 11.9 Å². The van der Waals surface area contributed by atoms with Crippen LogP contribution in [0.4, 0.5) is 5.13 Å². The van der Waals surface area contributed by atoms with Gasteiger partial charge in [0.05, 0.1) is 5.41 Å². The number of fused-ring (bicyclic) bond motifs is 2. The summed E-state index contributed by atoms with van der Waals surface area (Å²) in [5.74, 6) is -1.23. The average Bonchev–Trinajstić information content (AvgIpc) is 3.65. The van der Waals surface area contributed by atoms with Crippen molar-refractivity contribution in [3.05, 3.63) is 39.9 Å². The number of rotatable bonds is 12. The standard InChI is InChI=1S/C28H33N9O8S3.ClH/c1-13-7-17(37-27(30-13)32-16(34-37)8-42-5)46-9-14-10-47-23-19(33-21(38)18(35-43-6)15-11-48-26(29)31-15)22(39)36(23)20(14)24(40)44-12-45-25(41)28(2,3)4;/h7,11,19,23H,8-10,12H2,1-6H3,(H2,29,31)(H,33,38);1H/t19?,23-;/m0./s1. The predicted molar refractivity (Wildman–Crippen MR) is 183 cm³/mol. The predicted octanol–water partition coefficient (Wildman–Crippen LogP) is 1.93. The molecule has 2 amide bonds. The average molecular weight is 756 g/mol. The van der Waals surface area contributed by atoms with Crippen LogP contribution in [0.2, 0.25) is 0 Å². The molecule has 17 nitrogen and oxygen atoms in total. The maximum Gasteiger partial charge on any atom is 0.357 e. The molecule has 2 atom stereocenters. The summed E-state index contributed by atoms with van der Waals surface area (Å²) >= 11 is 3.85. The van der Waals surface area contributed by atoms with E-state index >= 15 is 0 Å². The molecular formula is C28H34ClN9O8S3. The zero-order valence-corrected chi connectivity index (χ0v) is 30.5. The van der Waals surface area contributed by atoms with Crippen LogP contribution in [0, 0.1) is 12.3 Å². The van der Waals surface area contributed by atoms with Crippen LogP contribution in [0.25, 0.3) is 5.78 Å². The van der Waals surface area contributed by atoms with Crippen LogP contribution in [0.5, 0.6) is 0 Å². The van der Waals surface area contributed by atoms with Crippen LogP contribution in [-0.4, -0.2) is 103 Å². The van der Waals surface area contributed by atoms with Gasteiger partial charge in [-0.15, -0.1) is 52.4 Å². The van der Waals surface area contributed by atoms with Gasteiger partial charge in [0.25, 0.3) is 17.6 Å². The van der Waals surface area contributed by atoms with Crippen molar-refractivity contribution in [2.75, 3.05) is 38.3 Å². The molecule has 3 aromatic rings. The first-order chi connectivity index (χ1) is 22.8. The number of nitrogens with one attached hydrogen (secondary N) is 1. The minimum absolute atomic E-state index is 0. The van der Waals surface area contributed by atoms with Crippen molar-refractivity contribution in [2.45, 2.75) is 50.7 Å². The van der Waals surface area contributed by atoms with E-state index in [9.17, 15) is 19.2 Å². The Morgan fingerprint density at radius 1 is 1.18 bits per heavy atom. The number of halogens is 1. The fourth-order valence-electron chi connectivity index (χ4n) is 4.56. The molecule has 0 aliphatic carbocycles. The molecule has 5 rings (SSSR count). The number of ether oxygens (including phenoxy) is 3. The second kappa shape index (κ2) is 15.7. The van der Waals surface area contributed by atoms with Crippen LogP contribution in [0.1, 0.15) is 38.0 Å². The van der Waals surface area contributed by atoms with Crippen LogP contribution >= 0.6 is 47.3 Å². The smallest absolute Gasteiger partial charge is 0.357 e. The van der Waals surface area contributed by atoms with Crippen molar-refractivity contribution in [2.24, 2.45) is 10.6 Å². The number of hydrogen-bond donors (Lipinski definition) is 2. The number of esters is 2. The molecule has 1 saturated heterocycles. The highest BCUT2D eigenvalue weighted by Gasteiger charge is 2.54. The summed E-state index contributed by atoms with van der Waals surface area (Å²) in [4.78, 5) is 71.7. The molecule has 0 radical (unpaired) electrons. The highest BCUT2D eigenvalue weighted by molar-refractivity contribution is 8.01. The summed E-state index contributed by atoms with van der Waals surface area (Å²) in [7, 11) is 2.82. The third kappa shape index (κ3) is 8.26. The van der Waals surface area contributed by atoms with Gasteiger partial charge in [-0.2, -0.15) is 9.50 Å². The maximum atomic E-state index is 13.6. The molecule has 3 N–H and O–H groups in total. The highest BCUT2D eigenvalue weighted by Crippen LogP contribution is 2.42. The van der Waals surface area contributed by atoms with Gasteiger partial charge in [-0.3, -0.25) is 19.3 Å². The Balaban J connectivity index is 0.00000541. The fourth-order valence-corrected chi connectivity index (χ4v) is 7.64. The number of carbonyl (C=O) groups excluding carboxylic acids is 4. The number of nitrogen functional groups attached to an aromatic ring is 1. The number of thioether (sulfide) groups is 2. The van der Waals surface area contributed by atoms with Crippen molar-refractivity contribution in [1.29, 1.82) is 0 Å². The molecule has 0 spiro atoms. The monoisotopic (exact) mass is 755 g/mol. The molecular weight excluding hydrogens is 722 g/mol. The number of oxime groups is 1. The molecule has 3 aromatic heterocycles. The number of aryl methyl sites for hydroxylation is 1. The normalized spacial score (nSPS) is 17.6. The Bertz CT molecular complexity index is 1820. The first kappa shape index (κ1) is 37.8. The second-order valence-electron chi connectivity index (χ2n) is 11.4. The zero-order valence-electron chi connectivity index (χ0n) is 27.2. The Kier molecular flexibility index (Phi) is 12.1. The number of anilines is 1. The minimum Gasteiger partial charge on any atom is -0.427 e. The van der Waals surface area contributed by atoms with Gasteiger partial charge in [-0.05, 0) is 39.3 Å². The van der Waals surface area contributed by atoms with E-state index in [1.807, 2.05) is 13.0 Å². The number of aromatic nitrogens is 5. The Hall–Kier alpha value is -3.98. The number of nitrogens with two attached hydrogens (primary N) is 1. The van der Waals surface area contributed by atoms with Gasteiger partial charge in [0, 0.05) is 29.7 Å². The molecule has 1 fully saturated rings. The van der Waals surface area contributed by atoms with Crippen molar-refractivity contribution in [3.63, 3.8) is 0 Å². The summed E-state index contributed by atoms with van der Waals surface area (Å²) in [6.07, 6.45) is 0. The molecule has 5 heterocycles. The van der Waals surface area contributed by atoms with Gasteiger partial charge in [-0.25, -0.2) is 14.8 Å². The molecule has 264 valence electrons.